The number of rotatable bonds is 30. The van der Waals surface area contributed by atoms with Crippen molar-refractivity contribution in [3.8, 4) is 28.7 Å². The van der Waals surface area contributed by atoms with Crippen molar-refractivity contribution in [1.29, 1.82) is 0 Å². The number of carbonyl (C=O) groups is 5. The summed E-state index contributed by atoms with van der Waals surface area (Å²) in [7, 11) is 0. The number of aromatic nitrogens is 12. The Morgan fingerprint density at radius 3 is 1.09 bits per heavy atom. The van der Waals surface area contributed by atoms with Crippen LogP contribution in [0, 0.1) is 29.6 Å². The molecule has 0 atom stereocenters. The van der Waals surface area contributed by atoms with E-state index in [2.05, 4.69) is 61.9 Å². The molecule has 0 radical (unpaired) electrons. The number of ether oxygens (including phenoxy) is 5. The summed E-state index contributed by atoms with van der Waals surface area (Å²) in [5.41, 5.74) is 11.5. The zero-order valence-corrected chi connectivity index (χ0v) is 76.2. The van der Waals surface area contributed by atoms with Gasteiger partial charge in [0.15, 0.2) is 11.3 Å². The number of imidazole rings is 3. The van der Waals surface area contributed by atoms with E-state index in [0.29, 0.717) is 102 Å². The molecule has 0 bridgehead atoms. The molecule has 0 spiro atoms. The molecule has 0 aliphatic heterocycles. The van der Waals surface area contributed by atoms with Crippen LogP contribution >= 0.6 is 0 Å². The number of amides is 5. The van der Waals surface area contributed by atoms with Gasteiger partial charge in [0.05, 0.1) is 67.8 Å². The van der Waals surface area contributed by atoms with E-state index in [1.807, 2.05) is 208 Å². The van der Waals surface area contributed by atoms with E-state index < -0.39 is 0 Å². The average Bonchev–Trinajstić information content (AvgIpc) is 1.65. The van der Waals surface area contributed by atoms with Crippen LogP contribution < -0.4 is 50.3 Å². The minimum absolute atomic E-state index is 0.0942. The maximum Gasteiger partial charge on any atom is 0.271 e. The molecule has 694 valence electrons. The predicted octanol–water partition coefficient (Wildman–Crippen LogP) is 19.5. The number of benzene rings is 5. The number of hydrogen-bond acceptors (Lipinski definition) is 17. The lowest BCUT2D eigenvalue weighted by Gasteiger charge is -2.21. The molecule has 5 amide bonds. The maximum absolute atomic E-state index is 12.5. The number of pyridine rings is 5. The minimum atomic E-state index is -0.170. The van der Waals surface area contributed by atoms with E-state index in [9.17, 15) is 24.0 Å². The summed E-state index contributed by atoms with van der Waals surface area (Å²) < 4.78 is 38.6. The lowest BCUT2D eigenvalue weighted by atomic mass is 9.90. The topological polar surface area (TPSA) is 304 Å². The Kier molecular flexibility index (Phi) is 33.5. The highest BCUT2D eigenvalue weighted by Gasteiger charge is 2.22. The third kappa shape index (κ3) is 27.5. The fraction of sp³-hybridized carbons (Fsp3) is 0.364. The van der Waals surface area contributed by atoms with Crippen LogP contribution in [0.2, 0.25) is 0 Å². The Balaban J connectivity index is 0.000000122. The normalized spacial score (nSPS) is 14.9. The Bertz CT molecular complexity index is 5920. The highest BCUT2D eigenvalue weighted by Crippen LogP contribution is 2.31. The average molecular weight is 1810 g/mol. The van der Waals surface area contributed by atoms with Gasteiger partial charge >= 0.3 is 0 Å². The van der Waals surface area contributed by atoms with Crippen LogP contribution in [-0.4, -0.2) is 120 Å². The predicted molar refractivity (Wildman–Crippen MR) is 515 cm³/mol. The molecule has 27 heteroatoms. The van der Waals surface area contributed by atoms with Gasteiger partial charge in [0.25, 0.3) is 29.5 Å². The smallest absolute Gasteiger partial charge is 0.271 e. The highest BCUT2D eigenvalue weighted by molar-refractivity contribution is 6.00. The van der Waals surface area contributed by atoms with Crippen molar-refractivity contribution < 1.29 is 47.7 Å². The summed E-state index contributed by atoms with van der Waals surface area (Å²) in [6.07, 6.45) is 52.7. The molecule has 5 fully saturated rings. The van der Waals surface area contributed by atoms with Crippen molar-refractivity contribution in [2.75, 3.05) is 33.0 Å². The Morgan fingerprint density at radius 1 is 0.313 bits per heavy atom. The summed E-state index contributed by atoms with van der Waals surface area (Å²) >= 11 is 0. The molecule has 27 nitrogen and oxygen atoms in total. The number of hydrogen-bond donors (Lipinski definition) is 5. The number of nitrogens with zero attached hydrogens (tertiary/aromatic N) is 12. The molecule has 134 heavy (non-hydrogen) atoms. The lowest BCUT2D eigenvalue weighted by Crippen LogP contribution is -2.23. The second kappa shape index (κ2) is 48.2. The number of fused-ring (bicyclic) bond motifs is 5. The van der Waals surface area contributed by atoms with Crippen molar-refractivity contribution in [2.45, 2.75) is 187 Å². The molecule has 0 unspecified atom stereocenters. The van der Waals surface area contributed by atoms with Gasteiger partial charge < -0.3 is 63.5 Å². The molecule has 5 saturated carbocycles. The van der Waals surface area contributed by atoms with Crippen molar-refractivity contribution in [2.24, 2.45) is 29.6 Å². The summed E-state index contributed by atoms with van der Waals surface area (Å²) in [4.78, 5) is 74.5. The Hall–Kier alpha value is -14.2. The highest BCUT2D eigenvalue weighted by atomic mass is 16.5. The lowest BCUT2D eigenvalue weighted by molar-refractivity contribution is 0.0939. The fourth-order valence-corrected chi connectivity index (χ4v) is 17.8. The zero-order valence-electron chi connectivity index (χ0n) is 76.2. The van der Waals surface area contributed by atoms with Gasteiger partial charge in [0, 0.05) is 87.9 Å². The fourth-order valence-electron chi connectivity index (χ4n) is 17.8. The van der Waals surface area contributed by atoms with Crippen LogP contribution in [0.15, 0.2) is 263 Å². The van der Waals surface area contributed by atoms with Crippen molar-refractivity contribution >= 4 is 57.6 Å². The van der Waals surface area contributed by atoms with Gasteiger partial charge in [-0.3, -0.25) is 32.8 Å². The van der Waals surface area contributed by atoms with Crippen LogP contribution in [0.3, 0.4) is 0 Å². The van der Waals surface area contributed by atoms with Crippen LogP contribution in [0.25, 0.3) is 28.1 Å². The van der Waals surface area contributed by atoms with E-state index in [0.717, 1.165) is 106 Å². The molecule has 20 rings (SSSR count). The quantitative estimate of drug-likeness (QED) is 0.0279. The molecule has 5 N–H and O–H groups in total. The van der Waals surface area contributed by atoms with Gasteiger partial charge in [-0.2, -0.15) is 0 Å². The van der Waals surface area contributed by atoms with Crippen LogP contribution in [0.1, 0.15) is 234 Å². The first-order chi connectivity index (χ1) is 65.9. The first-order valence-electron chi connectivity index (χ1n) is 47.8. The van der Waals surface area contributed by atoms with E-state index in [-0.39, 0.29) is 29.5 Å². The van der Waals surface area contributed by atoms with Crippen LogP contribution in [-0.2, 0) is 32.7 Å². The summed E-state index contributed by atoms with van der Waals surface area (Å²) in [5.74, 6) is 7.29. The molecule has 5 aromatic carbocycles. The Labute approximate surface area is 781 Å². The molecule has 15 aromatic rings. The summed E-state index contributed by atoms with van der Waals surface area (Å²) in [6, 6.07) is 59.9. The molecule has 10 heterocycles. The Morgan fingerprint density at radius 2 is 0.687 bits per heavy atom. The van der Waals surface area contributed by atoms with Crippen molar-refractivity contribution in [1.82, 2.24) is 83.9 Å². The molecule has 5 aliphatic rings. The third-order valence-electron chi connectivity index (χ3n) is 25.7. The van der Waals surface area contributed by atoms with Crippen LogP contribution in [0.5, 0.6) is 28.7 Å². The molecular weight excluding hydrogens is 1680 g/mol. The monoisotopic (exact) mass is 1800 g/mol. The number of nitrogens with one attached hydrogen (secondary N) is 5. The SMILES string of the molecule is O=C(NCc1ccc(OCC2CCCC2)cc1)c1cccn2cnnc12.O=C(NCc1ccc(OCC2CCCCC2)cc1)c1ccc2cncn2c1.O=C(NCc1ccc(OCC2CCCCC2)cc1)c1cccn2cnnc12.O=C(NCc1ccc(OCC2CCCCC2)cc1)c1ccn2ccnc2c1.O=C(NCc1ccc(OCC2CCCCC2)cc1)c1cn2ccccc2n1. The third-order valence-corrected chi connectivity index (χ3v) is 25.7. The van der Waals surface area contributed by atoms with Gasteiger partial charge in [-0.25, -0.2) is 15.0 Å². The molecule has 5 aliphatic carbocycles. The molecular formula is C107H121N17O10. The second-order valence-electron chi connectivity index (χ2n) is 35.7. The first-order valence-corrected chi connectivity index (χ1v) is 47.8. The first kappa shape index (κ1) is 93.0. The van der Waals surface area contributed by atoms with Gasteiger partial charge in [0.1, 0.15) is 58.4 Å². The molecule has 10 aromatic heterocycles. The largest absolute Gasteiger partial charge is 0.493 e. The maximum atomic E-state index is 12.5. The van der Waals surface area contributed by atoms with E-state index in [1.54, 1.807) is 76.8 Å². The van der Waals surface area contributed by atoms with E-state index >= 15 is 0 Å². The standard InChI is InChI=1S/3C22H25N3O2.C21H24N4O2.C20H22N4O2/c26-22(20-15-25-13-5-4-8-21(25)24-20)23-14-17-9-11-19(12-10-17)27-16-18-6-2-1-3-7-18;26-22(19-8-9-20-13-23-16-25(20)14-19)24-12-17-6-10-21(11-7-17)27-15-18-4-2-1-3-5-18;26-22(19-10-12-25-13-11-23-21(25)14-19)24-15-17-6-8-20(9-7-17)27-16-18-4-2-1-3-5-18;26-21(19-7-4-12-25-15-23-24-20(19)25)22-13-16-8-10-18(11-9-16)27-14-17-5-2-1-3-6-17;25-20(18-6-3-11-24-14-22-23-19(18)24)21-12-15-7-9-17(10-8-15)26-13-16-4-1-2-5-16/h4-5,8-13,15,18H,1-3,6-7,14,16H2,(H,23,26);6-11,13-14,16,18H,1-5,12,15H2,(H,24,26);6-14,18H,1-5,15-16H2,(H,24,26);4,7-12,15,17H,1-3,5-6,13-14H2,(H,22,26);3,6-11,14,16H,1-2,4-5,12-13H2,(H,21,25). The van der Waals surface area contributed by atoms with Gasteiger partial charge in [-0.05, 0) is 243 Å². The van der Waals surface area contributed by atoms with Crippen LogP contribution in [0.4, 0.5) is 0 Å². The summed E-state index contributed by atoms with van der Waals surface area (Å²) in [5, 5.41) is 30.4. The van der Waals surface area contributed by atoms with Gasteiger partial charge in [-0.1, -0.05) is 157 Å². The number of carbonyl (C=O) groups excluding carboxylic acids is 5. The van der Waals surface area contributed by atoms with Gasteiger partial charge in [-0.15, -0.1) is 20.4 Å². The second-order valence-corrected chi connectivity index (χ2v) is 35.7. The van der Waals surface area contributed by atoms with Gasteiger partial charge in [0.2, 0.25) is 0 Å². The zero-order chi connectivity index (χ0) is 91.7. The molecule has 0 saturated heterocycles. The minimum Gasteiger partial charge on any atom is -0.493 e. The summed E-state index contributed by atoms with van der Waals surface area (Å²) in [6.45, 7) is 6.40. The van der Waals surface area contributed by atoms with E-state index in [1.165, 1.54) is 154 Å². The van der Waals surface area contributed by atoms with Crippen molar-refractivity contribution in [3.63, 3.8) is 0 Å². The van der Waals surface area contributed by atoms with Crippen molar-refractivity contribution in [3.05, 3.63) is 319 Å². The van der Waals surface area contributed by atoms with E-state index in [4.69, 9.17) is 23.7 Å².